The first-order chi connectivity index (χ1) is 13.0. The van der Waals surface area contributed by atoms with Crippen LogP contribution < -0.4 is 0 Å². The molecule has 0 bridgehead atoms. The second-order valence-corrected chi connectivity index (χ2v) is 6.60. The van der Waals surface area contributed by atoms with Gasteiger partial charge < -0.3 is 9.64 Å². The van der Waals surface area contributed by atoms with Crippen molar-refractivity contribution in [1.29, 1.82) is 0 Å². The fourth-order valence-corrected chi connectivity index (χ4v) is 3.33. The lowest BCUT2D eigenvalue weighted by Crippen LogP contribution is -2.36. The molecule has 1 amide bonds. The van der Waals surface area contributed by atoms with E-state index < -0.39 is 5.97 Å². The average molecular weight is 367 g/mol. The van der Waals surface area contributed by atoms with Gasteiger partial charge in [-0.25, -0.2) is 9.18 Å². The van der Waals surface area contributed by atoms with Gasteiger partial charge in [0.1, 0.15) is 5.82 Å². The highest BCUT2D eigenvalue weighted by molar-refractivity contribution is 5.89. The van der Waals surface area contributed by atoms with Crippen molar-refractivity contribution >= 4 is 18.0 Å². The molecule has 0 unspecified atom stereocenters. The Hall–Kier alpha value is -2.95. The van der Waals surface area contributed by atoms with Crippen LogP contribution in [-0.2, 0) is 20.7 Å². The number of likely N-dealkylation sites (N-methyl/N-ethyl adjacent to an activating group) is 1. The normalized spacial score (nSPS) is 16.0. The van der Waals surface area contributed by atoms with Crippen molar-refractivity contribution in [2.45, 2.75) is 25.3 Å². The van der Waals surface area contributed by atoms with Gasteiger partial charge in [0.05, 0.1) is 6.04 Å². The van der Waals surface area contributed by atoms with Crippen molar-refractivity contribution in [2.75, 3.05) is 13.7 Å². The van der Waals surface area contributed by atoms with Crippen molar-refractivity contribution in [2.24, 2.45) is 0 Å². The van der Waals surface area contributed by atoms with E-state index in [1.165, 1.54) is 35.4 Å². The Labute approximate surface area is 158 Å². The molecule has 2 aromatic rings. The minimum Gasteiger partial charge on any atom is -0.452 e. The van der Waals surface area contributed by atoms with Crippen LogP contribution in [0.15, 0.2) is 54.6 Å². The molecule has 0 aromatic heterocycles. The molecule has 27 heavy (non-hydrogen) atoms. The van der Waals surface area contributed by atoms with Crippen LogP contribution >= 0.6 is 0 Å². The fraction of sp³-hybridized carbons (Fsp3) is 0.273. The van der Waals surface area contributed by atoms with Crippen molar-refractivity contribution in [3.63, 3.8) is 0 Å². The Morgan fingerprint density at radius 3 is 2.70 bits per heavy atom. The van der Waals surface area contributed by atoms with Crippen LogP contribution in [0.3, 0.4) is 0 Å². The molecule has 4 nitrogen and oxygen atoms in total. The van der Waals surface area contributed by atoms with Gasteiger partial charge in [-0.3, -0.25) is 4.79 Å². The minimum atomic E-state index is -0.606. The lowest BCUT2D eigenvalue weighted by atomic mass is 9.87. The van der Waals surface area contributed by atoms with Gasteiger partial charge in [-0.05, 0) is 54.2 Å². The molecule has 2 aromatic carbocycles. The minimum absolute atomic E-state index is 0.0101. The first-order valence-corrected chi connectivity index (χ1v) is 8.98. The van der Waals surface area contributed by atoms with Crippen molar-refractivity contribution < 1.29 is 18.7 Å². The molecule has 0 N–H and O–H groups in total. The fourth-order valence-electron chi connectivity index (χ4n) is 3.33. The maximum Gasteiger partial charge on any atom is 0.331 e. The van der Waals surface area contributed by atoms with E-state index in [1.54, 1.807) is 24.1 Å². The summed E-state index contributed by atoms with van der Waals surface area (Å²) in [7, 11) is 1.75. The molecular weight excluding hydrogens is 345 g/mol. The summed E-state index contributed by atoms with van der Waals surface area (Å²) >= 11 is 0. The lowest BCUT2D eigenvalue weighted by Gasteiger charge is -2.33. The number of hydrogen-bond donors (Lipinski definition) is 0. The number of amides is 1. The third-order valence-corrected chi connectivity index (χ3v) is 4.82. The highest BCUT2D eigenvalue weighted by atomic mass is 19.1. The summed E-state index contributed by atoms with van der Waals surface area (Å²) in [5.41, 5.74) is 3.12. The molecule has 5 heteroatoms. The number of carbonyl (C=O) groups is 2. The van der Waals surface area contributed by atoms with Crippen LogP contribution in [0.5, 0.6) is 0 Å². The maximum absolute atomic E-state index is 12.9. The van der Waals surface area contributed by atoms with E-state index in [4.69, 9.17) is 4.74 Å². The number of esters is 1. The summed E-state index contributed by atoms with van der Waals surface area (Å²) in [6, 6.07) is 13.9. The van der Waals surface area contributed by atoms with E-state index in [2.05, 4.69) is 12.1 Å². The molecule has 1 aliphatic rings. The topological polar surface area (TPSA) is 46.6 Å². The van der Waals surface area contributed by atoms with Crippen LogP contribution in [-0.4, -0.2) is 30.4 Å². The molecule has 0 saturated carbocycles. The van der Waals surface area contributed by atoms with Gasteiger partial charge in [0.25, 0.3) is 5.91 Å². The summed E-state index contributed by atoms with van der Waals surface area (Å²) in [4.78, 5) is 25.9. The Morgan fingerprint density at radius 1 is 1.19 bits per heavy atom. The number of benzene rings is 2. The van der Waals surface area contributed by atoms with Crippen molar-refractivity contribution in [3.05, 3.63) is 77.1 Å². The molecule has 1 atom stereocenters. The average Bonchev–Trinajstić information content (AvgIpc) is 2.70. The molecule has 0 aliphatic heterocycles. The highest BCUT2D eigenvalue weighted by Gasteiger charge is 2.26. The third-order valence-electron chi connectivity index (χ3n) is 4.82. The van der Waals surface area contributed by atoms with Gasteiger partial charge in [0.2, 0.25) is 0 Å². The third kappa shape index (κ3) is 4.82. The number of nitrogens with zero attached hydrogens (tertiary/aromatic N) is 1. The van der Waals surface area contributed by atoms with E-state index >= 15 is 0 Å². The van der Waals surface area contributed by atoms with Gasteiger partial charge in [0, 0.05) is 13.1 Å². The Bertz CT molecular complexity index is 845. The molecule has 140 valence electrons. The zero-order valence-corrected chi connectivity index (χ0v) is 15.2. The highest BCUT2D eigenvalue weighted by Crippen LogP contribution is 2.33. The predicted octanol–water partition coefficient (Wildman–Crippen LogP) is 3.92. The van der Waals surface area contributed by atoms with Gasteiger partial charge in [-0.2, -0.15) is 0 Å². The van der Waals surface area contributed by atoms with Gasteiger partial charge >= 0.3 is 5.97 Å². The molecule has 3 rings (SSSR count). The standard InChI is InChI=1S/C22H22FNO3/c1-24(20-8-4-6-17-5-2-3-7-19(17)20)21(25)15-27-22(26)14-11-16-9-12-18(23)13-10-16/h2-3,5,7,9-14,20H,4,6,8,15H2,1H3/b14-11+/t20-/m1/s1. The summed E-state index contributed by atoms with van der Waals surface area (Å²) < 4.78 is 17.9. The molecule has 0 heterocycles. The van der Waals surface area contributed by atoms with Gasteiger partial charge in [-0.15, -0.1) is 0 Å². The lowest BCUT2D eigenvalue weighted by molar-refractivity contribution is -0.148. The summed E-state index contributed by atoms with van der Waals surface area (Å²) in [6.45, 7) is -0.304. The summed E-state index contributed by atoms with van der Waals surface area (Å²) in [6.07, 6.45) is 5.71. The van der Waals surface area contributed by atoms with Crippen LogP contribution in [0, 0.1) is 5.82 Å². The Morgan fingerprint density at radius 2 is 1.93 bits per heavy atom. The SMILES string of the molecule is CN(C(=O)COC(=O)/C=C/c1ccc(F)cc1)[C@@H]1CCCc2ccccc21. The number of aryl methyl sites for hydroxylation is 1. The van der Waals surface area contributed by atoms with Crippen molar-refractivity contribution in [3.8, 4) is 0 Å². The molecule has 1 aliphatic carbocycles. The first-order valence-electron chi connectivity index (χ1n) is 8.98. The van der Waals surface area contributed by atoms with Crippen LogP contribution in [0.4, 0.5) is 4.39 Å². The van der Waals surface area contributed by atoms with Crippen LogP contribution in [0.25, 0.3) is 6.08 Å². The molecule has 0 fully saturated rings. The largest absolute Gasteiger partial charge is 0.452 e. The zero-order chi connectivity index (χ0) is 19.2. The van der Waals surface area contributed by atoms with Crippen LogP contribution in [0.2, 0.25) is 0 Å². The van der Waals surface area contributed by atoms with E-state index in [9.17, 15) is 14.0 Å². The molecule has 0 radical (unpaired) electrons. The van der Waals surface area contributed by atoms with E-state index in [-0.39, 0.29) is 24.4 Å². The number of hydrogen-bond acceptors (Lipinski definition) is 3. The summed E-state index contributed by atoms with van der Waals surface area (Å²) in [5, 5.41) is 0. The van der Waals surface area contributed by atoms with E-state index in [0.717, 1.165) is 19.3 Å². The number of rotatable bonds is 5. The zero-order valence-electron chi connectivity index (χ0n) is 15.2. The smallest absolute Gasteiger partial charge is 0.331 e. The quantitative estimate of drug-likeness (QED) is 0.594. The second-order valence-electron chi connectivity index (χ2n) is 6.60. The number of fused-ring (bicyclic) bond motifs is 1. The summed E-state index contributed by atoms with van der Waals surface area (Å²) in [5.74, 6) is -1.18. The Kier molecular flexibility index (Phi) is 6.01. The number of ether oxygens (including phenoxy) is 1. The first kappa shape index (κ1) is 18.8. The van der Waals surface area contributed by atoms with Crippen LogP contribution in [0.1, 0.15) is 35.6 Å². The van der Waals surface area contributed by atoms with Gasteiger partial charge in [0.15, 0.2) is 6.61 Å². The number of halogens is 1. The number of carbonyl (C=O) groups excluding carboxylic acids is 2. The van der Waals surface area contributed by atoms with Gasteiger partial charge in [-0.1, -0.05) is 36.4 Å². The predicted molar refractivity (Wildman–Crippen MR) is 101 cm³/mol. The van der Waals surface area contributed by atoms with Crippen molar-refractivity contribution in [1.82, 2.24) is 4.90 Å². The van der Waals surface area contributed by atoms with E-state index in [0.29, 0.717) is 5.56 Å². The molecule has 0 saturated heterocycles. The monoisotopic (exact) mass is 367 g/mol. The van der Waals surface area contributed by atoms with E-state index in [1.807, 2.05) is 12.1 Å². The Balaban J connectivity index is 1.54. The molecular formula is C22H22FNO3. The maximum atomic E-state index is 12.9. The molecule has 0 spiro atoms. The second kappa shape index (κ2) is 8.62.